The first-order valence-electron chi connectivity index (χ1n) is 9.09. The minimum atomic E-state index is -5.51. The van der Waals surface area contributed by atoms with Crippen LogP contribution in [0, 0.1) is 0 Å². The van der Waals surface area contributed by atoms with Gasteiger partial charge in [0.2, 0.25) is 0 Å². The molecule has 0 saturated heterocycles. The van der Waals surface area contributed by atoms with Gasteiger partial charge in [-0.2, -0.15) is 26.3 Å². The zero-order valence-corrected chi connectivity index (χ0v) is 17.1. The van der Waals surface area contributed by atoms with E-state index in [2.05, 4.69) is 6.30 Å². The summed E-state index contributed by atoms with van der Waals surface area (Å²) in [5, 5.41) is 0.505. The molecule has 0 radical (unpaired) electrons. The third kappa shape index (κ3) is 4.28. The Labute approximate surface area is 179 Å². The molecule has 166 valence electrons. The van der Waals surface area contributed by atoms with Crippen LogP contribution in [-0.4, -0.2) is 30.2 Å². The van der Waals surface area contributed by atoms with Gasteiger partial charge in [-0.1, -0.05) is 85.2 Å². The normalized spacial score (nSPS) is 12.4. The molecule has 0 N–H and O–H groups in total. The van der Waals surface area contributed by atoms with Crippen molar-refractivity contribution < 1.29 is 35.9 Å². The predicted molar refractivity (Wildman–Crippen MR) is 113 cm³/mol. The highest BCUT2D eigenvalue weighted by Gasteiger charge is 2.47. The zero-order chi connectivity index (χ0) is 23.7. The van der Waals surface area contributed by atoms with Crippen molar-refractivity contribution >= 4 is 40.7 Å². The summed E-state index contributed by atoms with van der Waals surface area (Å²) in [7, 11) is 0. The Morgan fingerprint density at radius 3 is 1.47 bits per heavy atom. The molecule has 3 rings (SSSR count). The third-order valence-electron chi connectivity index (χ3n) is 4.83. The lowest BCUT2D eigenvalue weighted by Crippen LogP contribution is -2.37. The molecule has 0 amide bonds. The summed E-state index contributed by atoms with van der Waals surface area (Å²) < 4.78 is 80.1. The Morgan fingerprint density at radius 1 is 0.625 bits per heavy atom. The molecule has 0 atom stereocenters. The van der Waals surface area contributed by atoms with Gasteiger partial charge in [0.1, 0.15) is 0 Å². The highest BCUT2D eigenvalue weighted by Crippen LogP contribution is 2.44. The maximum absolute atomic E-state index is 13.5. The Bertz CT molecular complexity index is 1160. The van der Waals surface area contributed by atoms with E-state index in [0.717, 1.165) is 12.1 Å². The van der Waals surface area contributed by atoms with Gasteiger partial charge < -0.3 is 0 Å². The van der Waals surface area contributed by atoms with Gasteiger partial charge in [0.25, 0.3) is 11.6 Å². The van der Waals surface area contributed by atoms with Crippen LogP contribution in [0.15, 0.2) is 78.9 Å². The Morgan fingerprint density at radius 2 is 1.06 bits per heavy atom. The Kier molecular flexibility index (Phi) is 6.20. The fourth-order valence-electron chi connectivity index (χ4n) is 3.37. The topological polar surface area (TPSA) is 34.1 Å². The first-order chi connectivity index (χ1) is 14.9. The van der Waals surface area contributed by atoms with E-state index in [4.69, 9.17) is 0 Å². The van der Waals surface area contributed by atoms with E-state index in [-0.39, 0.29) is 5.30 Å². The second-order valence-electron chi connectivity index (χ2n) is 6.83. The second kappa shape index (κ2) is 8.43. The lowest BCUT2D eigenvalue weighted by molar-refractivity contribution is -0.0907. The molecule has 0 aliphatic heterocycles. The monoisotopic (exact) mass is 468 g/mol. The van der Waals surface area contributed by atoms with Crippen molar-refractivity contribution in [1.82, 2.24) is 0 Å². The maximum Gasteiger partial charge on any atom is 0.454 e. The first-order valence-corrected chi connectivity index (χ1v) is 11.1. The van der Waals surface area contributed by atoms with Gasteiger partial charge in [0, 0.05) is 11.1 Å². The molecule has 0 fully saturated rings. The van der Waals surface area contributed by atoms with Crippen LogP contribution in [0.3, 0.4) is 0 Å². The molecule has 0 bridgehead atoms. The van der Waals surface area contributed by atoms with Crippen LogP contribution in [0.25, 0.3) is 0 Å². The van der Waals surface area contributed by atoms with Gasteiger partial charge in [-0.3, -0.25) is 9.59 Å². The van der Waals surface area contributed by atoms with E-state index < -0.39 is 41.9 Å². The molecule has 32 heavy (non-hydrogen) atoms. The summed E-state index contributed by atoms with van der Waals surface area (Å²) in [5.41, 5.74) is -2.67. The van der Waals surface area contributed by atoms with E-state index >= 15 is 0 Å². The molecule has 0 aliphatic rings. The predicted octanol–water partition coefficient (Wildman–Crippen LogP) is 4.90. The van der Waals surface area contributed by atoms with Gasteiger partial charge in [-0.15, -0.1) is 0 Å². The van der Waals surface area contributed by atoms with Gasteiger partial charge in [-0.25, -0.2) is 0 Å². The summed E-state index contributed by atoms with van der Waals surface area (Å²) in [6.45, 7) is -3.30. The zero-order valence-electron chi connectivity index (χ0n) is 16.2. The molecule has 0 heterocycles. The summed E-state index contributed by atoms with van der Waals surface area (Å²) in [5.74, 6) is -5.06. The van der Waals surface area contributed by atoms with Crippen molar-refractivity contribution in [2.24, 2.45) is 0 Å². The van der Waals surface area contributed by atoms with E-state index in [1.807, 2.05) is 0 Å². The standard InChI is InChI=1S/C23H15F6O2P/c1-32(15-9-4-2-5-10-15,16-11-6-3-7-12-16)18-14-8-13-17(20(30)22(24,25)26)19(18)21(31)23(27,28)29/h2-14H,1H2. The lowest BCUT2D eigenvalue weighted by atomic mass is 9.99. The molecule has 0 aliphatic carbocycles. The van der Waals surface area contributed by atoms with E-state index in [0.29, 0.717) is 16.7 Å². The van der Waals surface area contributed by atoms with Crippen LogP contribution in [0.5, 0.6) is 0 Å². The minimum absolute atomic E-state index is 0.354. The SMILES string of the molecule is C=P(c1ccccc1)(c1ccccc1)c1cccc(C(=O)C(F)(F)F)c1C(=O)C(F)(F)F. The molecule has 3 aromatic rings. The summed E-state index contributed by atoms with van der Waals surface area (Å²) in [4.78, 5) is 24.4. The van der Waals surface area contributed by atoms with Gasteiger partial charge in [0.05, 0.1) is 0 Å². The van der Waals surface area contributed by atoms with E-state index in [1.54, 1.807) is 60.7 Å². The number of halogens is 6. The van der Waals surface area contributed by atoms with Crippen LogP contribution < -0.4 is 15.9 Å². The molecular formula is C23H15F6O2P. The lowest BCUT2D eigenvalue weighted by Gasteiger charge is -2.29. The number of rotatable bonds is 5. The Balaban J connectivity index is 2.47. The molecule has 3 aromatic carbocycles. The van der Waals surface area contributed by atoms with Crippen molar-refractivity contribution in [3.8, 4) is 0 Å². The van der Waals surface area contributed by atoms with Gasteiger partial charge in [-0.05, 0) is 22.8 Å². The smallest absolute Gasteiger partial charge is 0.284 e. The quantitative estimate of drug-likeness (QED) is 0.303. The molecule has 0 unspecified atom stereocenters. The summed E-state index contributed by atoms with van der Waals surface area (Å²) in [6.07, 6.45) is -6.81. The molecule has 2 nitrogen and oxygen atoms in total. The molecular weight excluding hydrogens is 453 g/mol. The fraction of sp³-hybridized carbons (Fsp3) is 0.0870. The number of hydrogen-bond donors (Lipinski definition) is 0. The highest BCUT2D eigenvalue weighted by molar-refractivity contribution is 7.93. The average Bonchev–Trinajstić information content (AvgIpc) is 2.77. The number of alkyl halides is 6. The maximum atomic E-state index is 13.5. The number of hydrogen-bond acceptors (Lipinski definition) is 2. The highest BCUT2D eigenvalue weighted by atomic mass is 31.2. The van der Waals surface area contributed by atoms with Crippen molar-refractivity contribution in [1.29, 1.82) is 0 Å². The number of ketones is 2. The van der Waals surface area contributed by atoms with Crippen molar-refractivity contribution in [3.05, 3.63) is 90.0 Å². The van der Waals surface area contributed by atoms with Gasteiger partial charge in [0.15, 0.2) is 0 Å². The molecule has 0 spiro atoms. The number of Topliss-reactive ketones (excluding diaryl/α,β-unsaturated/α-hetero) is 2. The largest absolute Gasteiger partial charge is 0.454 e. The number of carbonyl (C=O) groups excluding carboxylic acids is 2. The van der Waals surface area contributed by atoms with Crippen LogP contribution in [-0.2, 0) is 0 Å². The van der Waals surface area contributed by atoms with Gasteiger partial charge >= 0.3 is 12.4 Å². The number of benzene rings is 3. The van der Waals surface area contributed by atoms with E-state index in [1.165, 1.54) is 0 Å². The minimum Gasteiger partial charge on any atom is -0.284 e. The summed E-state index contributed by atoms with van der Waals surface area (Å²) in [6, 6.07) is 18.8. The fourth-order valence-corrected chi connectivity index (χ4v) is 6.53. The average molecular weight is 468 g/mol. The Hall–Kier alpha value is -3.12. The van der Waals surface area contributed by atoms with Crippen molar-refractivity contribution in [2.45, 2.75) is 12.4 Å². The van der Waals surface area contributed by atoms with Crippen molar-refractivity contribution in [2.75, 3.05) is 0 Å². The van der Waals surface area contributed by atoms with Crippen LogP contribution in [0.4, 0.5) is 26.3 Å². The van der Waals surface area contributed by atoms with Crippen LogP contribution in [0.2, 0.25) is 0 Å². The van der Waals surface area contributed by atoms with Crippen molar-refractivity contribution in [3.63, 3.8) is 0 Å². The van der Waals surface area contributed by atoms with Crippen LogP contribution in [0.1, 0.15) is 20.7 Å². The molecule has 0 aromatic heterocycles. The second-order valence-corrected chi connectivity index (χ2v) is 9.97. The molecule has 9 heteroatoms. The summed E-state index contributed by atoms with van der Waals surface area (Å²) >= 11 is 0. The first kappa shape index (κ1) is 23.5. The van der Waals surface area contributed by atoms with Crippen LogP contribution >= 0.6 is 6.89 Å². The number of carbonyl (C=O) groups is 2. The molecule has 0 saturated carbocycles. The third-order valence-corrected chi connectivity index (χ3v) is 8.39. The van der Waals surface area contributed by atoms with E-state index in [9.17, 15) is 35.9 Å².